The lowest BCUT2D eigenvalue weighted by Crippen LogP contribution is -2.40. The number of furan rings is 1. The van der Waals surface area contributed by atoms with Crippen molar-refractivity contribution < 1.29 is 18.7 Å². The van der Waals surface area contributed by atoms with E-state index < -0.39 is 0 Å². The lowest BCUT2D eigenvalue weighted by Gasteiger charge is -2.37. The predicted octanol–water partition coefficient (Wildman–Crippen LogP) is 5.47. The first-order chi connectivity index (χ1) is 20.2. The van der Waals surface area contributed by atoms with Gasteiger partial charge in [0.25, 0.3) is 11.8 Å². The molecule has 1 aliphatic heterocycles. The number of rotatable bonds is 9. The van der Waals surface area contributed by atoms with Crippen LogP contribution < -0.4 is 10.1 Å². The highest BCUT2D eigenvalue weighted by atomic mass is 32.1. The molecular weight excluding hydrogens is 536 g/mol. The number of aromatic nitrogens is 2. The summed E-state index contributed by atoms with van der Waals surface area (Å²) in [7, 11) is 0. The van der Waals surface area contributed by atoms with Gasteiger partial charge in [-0.15, -0.1) is 11.3 Å². The van der Waals surface area contributed by atoms with Gasteiger partial charge >= 0.3 is 0 Å². The molecule has 8 nitrogen and oxygen atoms in total. The van der Waals surface area contributed by atoms with Crippen LogP contribution in [0.2, 0.25) is 0 Å². The van der Waals surface area contributed by atoms with Crippen LogP contribution in [0, 0.1) is 0 Å². The Balaban J connectivity index is 1.15. The van der Waals surface area contributed by atoms with Crippen molar-refractivity contribution in [1.82, 2.24) is 20.2 Å². The molecule has 0 radical (unpaired) electrons. The molecule has 0 fully saturated rings. The van der Waals surface area contributed by atoms with E-state index in [0.29, 0.717) is 41.7 Å². The van der Waals surface area contributed by atoms with Gasteiger partial charge in [0.1, 0.15) is 23.1 Å². The molecule has 0 aliphatic carbocycles. The van der Waals surface area contributed by atoms with Gasteiger partial charge in [-0.1, -0.05) is 42.5 Å². The molecule has 206 valence electrons. The second-order valence-electron chi connectivity index (χ2n) is 9.64. The Labute approximate surface area is 241 Å². The quantitative estimate of drug-likeness (QED) is 0.255. The molecule has 4 heterocycles. The van der Waals surface area contributed by atoms with E-state index in [0.717, 1.165) is 23.2 Å². The number of nitrogens with zero attached hydrogens (tertiary/aromatic N) is 3. The average molecular weight is 565 g/mol. The van der Waals surface area contributed by atoms with Gasteiger partial charge in [0.2, 0.25) is 0 Å². The Kier molecular flexibility index (Phi) is 7.86. The summed E-state index contributed by atoms with van der Waals surface area (Å²) in [5, 5.41) is 5.34. The van der Waals surface area contributed by atoms with Gasteiger partial charge in [-0.25, -0.2) is 4.98 Å². The lowest BCUT2D eigenvalue weighted by molar-refractivity contribution is 0.0661. The molecular formula is C32H28N4O4S. The molecule has 1 atom stereocenters. The van der Waals surface area contributed by atoms with Crippen molar-refractivity contribution in [2.75, 3.05) is 13.1 Å². The van der Waals surface area contributed by atoms with Gasteiger partial charge in [0, 0.05) is 36.8 Å². The third kappa shape index (κ3) is 6.05. The van der Waals surface area contributed by atoms with Crippen molar-refractivity contribution in [2.24, 2.45) is 0 Å². The summed E-state index contributed by atoms with van der Waals surface area (Å²) in [6, 6.07) is 24.9. The zero-order valence-electron chi connectivity index (χ0n) is 22.2. The number of carbonyl (C=O) groups is 2. The minimum atomic E-state index is -0.276. The van der Waals surface area contributed by atoms with Crippen molar-refractivity contribution in [2.45, 2.75) is 25.5 Å². The van der Waals surface area contributed by atoms with Gasteiger partial charge in [-0.2, -0.15) is 0 Å². The van der Waals surface area contributed by atoms with Crippen molar-refractivity contribution in [3.63, 3.8) is 0 Å². The monoisotopic (exact) mass is 564 g/mol. The Hall–Kier alpha value is -4.76. The highest BCUT2D eigenvalue weighted by molar-refractivity contribution is 7.09. The number of carbonyl (C=O) groups excluding carboxylic acids is 2. The fourth-order valence-electron chi connectivity index (χ4n) is 5.01. The minimum Gasteiger partial charge on any atom is -0.486 e. The summed E-state index contributed by atoms with van der Waals surface area (Å²) < 4.78 is 11.6. The van der Waals surface area contributed by atoms with Crippen LogP contribution in [0.25, 0.3) is 0 Å². The molecule has 2 amide bonds. The molecule has 9 heteroatoms. The Morgan fingerprint density at radius 1 is 1.05 bits per heavy atom. The highest BCUT2D eigenvalue weighted by Gasteiger charge is 2.34. The second-order valence-corrected chi connectivity index (χ2v) is 10.6. The van der Waals surface area contributed by atoms with Crippen LogP contribution in [0.5, 0.6) is 5.75 Å². The number of amides is 2. The van der Waals surface area contributed by atoms with E-state index >= 15 is 0 Å². The zero-order valence-corrected chi connectivity index (χ0v) is 23.0. The Morgan fingerprint density at radius 3 is 2.73 bits per heavy atom. The summed E-state index contributed by atoms with van der Waals surface area (Å²) in [5.74, 6) is 0.634. The largest absolute Gasteiger partial charge is 0.486 e. The molecule has 1 aliphatic rings. The van der Waals surface area contributed by atoms with Crippen LogP contribution in [0.15, 0.2) is 101 Å². The van der Waals surface area contributed by atoms with Gasteiger partial charge < -0.3 is 19.4 Å². The molecule has 41 heavy (non-hydrogen) atoms. The number of thiazole rings is 1. The van der Waals surface area contributed by atoms with E-state index in [9.17, 15) is 9.59 Å². The first kappa shape index (κ1) is 26.5. The van der Waals surface area contributed by atoms with E-state index in [4.69, 9.17) is 9.15 Å². The molecule has 2 aromatic carbocycles. The summed E-state index contributed by atoms with van der Waals surface area (Å²) in [4.78, 5) is 36.6. The smallest absolute Gasteiger partial charge is 0.290 e. The number of hydrogen-bond donors (Lipinski definition) is 1. The van der Waals surface area contributed by atoms with Crippen LogP contribution >= 0.6 is 11.3 Å². The molecule has 3 aromatic heterocycles. The summed E-state index contributed by atoms with van der Waals surface area (Å²) in [5.41, 5.74) is 4.51. The van der Waals surface area contributed by atoms with Crippen LogP contribution in [0.3, 0.4) is 0 Å². The lowest BCUT2D eigenvalue weighted by atomic mass is 9.87. The number of pyridine rings is 1. The Morgan fingerprint density at radius 2 is 1.93 bits per heavy atom. The molecule has 0 saturated heterocycles. The number of fused-ring (bicyclic) bond motifs is 1. The SMILES string of the molecule is O=C(NCCc1ccccn1)c1csc(COc2ccc3c(c2)C(c2ccccc2)N(C(=O)c2ccco2)CC3)n1. The summed E-state index contributed by atoms with van der Waals surface area (Å²) in [6.45, 7) is 1.30. The topological polar surface area (TPSA) is 97.6 Å². The molecule has 0 spiro atoms. The van der Waals surface area contributed by atoms with Crippen LogP contribution in [0.4, 0.5) is 0 Å². The molecule has 0 bridgehead atoms. The molecule has 1 N–H and O–H groups in total. The van der Waals surface area contributed by atoms with Gasteiger partial charge in [0.05, 0.1) is 12.3 Å². The van der Waals surface area contributed by atoms with Gasteiger partial charge in [-0.3, -0.25) is 14.6 Å². The third-order valence-electron chi connectivity index (χ3n) is 6.99. The van der Waals surface area contributed by atoms with Crippen LogP contribution in [-0.4, -0.2) is 39.8 Å². The molecule has 5 aromatic rings. The summed E-state index contributed by atoms with van der Waals surface area (Å²) >= 11 is 1.38. The molecule has 0 saturated carbocycles. The van der Waals surface area contributed by atoms with Crippen LogP contribution in [0.1, 0.15) is 54.5 Å². The normalized spacial score (nSPS) is 14.3. The van der Waals surface area contributed by atoms with E-state index in [1.807, 2.05) is 65.6 Å². The first-order valence-electron chi connectivity index (χ1n) is 13.4. The summed E-state index contributed by atoms with van der Waals surface area (Å²) in [6.07, 6.45) is 4.64. The number of benzene rings is 2. The number of hydrogen-bond acceptors (Lipinski definition) is 7. The van der Waals surface area contributed by atoms with E-state index in [1.54, 1.807) is 23.7 Å². The predicted molar refractivity (Wildman–Crippen MR) is 155 cm³/mol. The van der Waals surface area contributed by atoms with Gasteiger partial charge in [0.15, 0.2) is 5.76 Å². The highest BCUT2D eigenvalue weighted by Crippen LogP contribution is 2.38. The van der Waals surface area contributed by atoms with E-state index in [1.165, 1.54) is 23.2 Å². The number of nitrogens with one attached hydrogen (secondary N) is 1. The van der Waals surface area contributed by atoms with E-state index in [2.05, 4.69) is 21.4 Å². The first-order valence-corrected chi connectivity index (χ1v) is 14.3. The van der Waals surface area contributed by atoms with Crippen molar-refractivity contribution in [3.8, 4) is 5.75 Å². The fourth-order valence-corrected chi connectivity index (χ4v) is 5.69. The van der Waals surface area contributed by atoms with Crippen LogP contribution in [-0.2, 0) is 19.4 Å². The zero-order chi connectivity index (χ0) is 28.0. The standard InChI is InChI=1S/C32H28N4O4S/c37-31(34-16-13-24-9-4-5-15-33-24)27-21-41-29(35-27)20-40-25-12-11-22-14-17-36(32(38)28-10-6-18-39-28)30(26(22)19-25)23-7-2-1-3-8-23/h1-12,15,18-19,21,30H,13-14,16-17,20H2,(H,34,37). The molecule has 1 unspecified atom stereocenters. The minimum absolute atomic E-state index is 0.144. The van der Waals surface area contributed by atoms with Crippen molar-refractivity contribution in [1.29, 1.82) is 0 Å². The number of ether oxygens (including phenoxy) is 1. The van der Waals surface area contributed by atoms with Crippen molar-refractivity contribution in [3.05, 3.63) is 136 Å². The average Bonchev–Trinajstić information content (AvgIpc) is 3.73. The Bertz CT molecular complexity index is 1620. The maximum absolute atomic E-state index is 13.4. The van der Waals surface area contributed by atoms with E-state index in [-0.39, 0.29) is 24.5 Å². The molecule has 6 rings (SSSR count). The van der Waals surface area contributed by atoms with Gasteiger partial charge in [-0.05, 0) is 59.5 Å². The third-order valence-corrected chi connectivity index (χ3v) is 7.82. The maximum Gasteiger partial charge on any atom is 0.290 e. The fraction of sp³-hybridized carbons (Fsp3) is 0.188. The second kappa shape index (κ2) is 12.2. The maximum atomic E-state index is 13.4. The van der Waals surface area contributed by atoms with Crippen molar-refractivity contribution >= 4 is 23.2 Å².